The van der Waals surface area contributed by atoms with E-state index >= 15 is 0 Å². The number of aryl methyl sites for hydroxylation is 1. The molecule has 0 aliphatic carbocycles. The Morgan fingerprint density at radius 2 is 2.04 bits per heavy atom. The minimum absolute atomic E-state index is 0.00152. The average molecular weight is 382 g/mol. The van der Waals surface area contributed by atoms with E-state index in [4.69, 9.17) is 0 Å². The monoisotopic (exact) mass is 381 g/mol. The third-order valence-corrected chi connectivity index (χ3v) is 6.88. The van der Waals surface area contributed by atoms with Gasteiger partial charge in [0.15, 0.2) is 0 Å². The Hall–Kier alpha value is -1.44. The van der Waals surface area contributed by atoms with Gasteiger partial charge in [-0.3, -0.25) is 4.79 Å². The highest BCUT2D eigenvalue weighted by atomic mass is 32.2. The molecular weight excluding hydrogens is 350 g/mol. The van der Waals surface area contributed by atoms with Crippen molar-refractivity contribution >= 4 is 15.9 Å². The number of nitrogens with one attached hydrogen (secondary N) is 1. The van der Waals surface area contributed by atoms with Crippen LogP contribution in [0.1, 0.15) is 48.5 Å². The Morgan fingerprint density at radius 3 is 2.69 bits per heavy atom. The highest BCUT2D eigenvalue weighted by Gasteiger charge is 2.31. The van der Waals surface area contributed by atoms with Gasteiger partial charge >= 0.3 is 0 Å². The van der Waals surface area contributed by atoms with Crippen molar-refractivity contribution in [2.75, 3.05) is 33.7 Å². The molecule has 1 atom stereocenters. The highest BCUT2D eigenvalue weighted by molar-refractivity contribution is 7.89. The smallest absolute Gasteiger partial charge is 0.251 e. The number of rotatable bonds is 7. The van der Waals surface area contributed by atoms with Crippen molar-refractivity contribution in [1.82, 2.24) is 14.5 Å². The molecule has 1 heterocycles. The Labute approximate surface area is 157 Å². The van der Waals surface area contributed by atoms with Crippen molar-refractivity contribution in [3.63, 3.8) is 0 Å². The van der Waals surface area contributed by atoms with Crippen LogP contribution in [0.15, 0.2) is 23.1 Å². The quantitative estimate of drug-likeness (QED) is 0.736. The van der Waals surface area contributed by atoms with E-state index < -0.39 is 10.0 Å². The van der Waals surface area contributed by atoms with Gasteiger partial charge in [0.05, 0.1) is 4.90 Å². The molecule has 1 aliphatic rings. The van der Waals surface area contributed by atoms with E-state index in [0.29, 0.717) is 18.7 Å². The summed E-state index contributed by atoms with van der Waals surface area (Å²) in [6.45, 7) is 5.78. The van der Waals surface area contributed by atoms with Gasteiger partial charge in [0, 0.05) is 24.7 Å². The van der Waals surface area contributed by atoms with Crippen LogP contribution in [0.4, 0.5) is 0 Å². The second-order valence-corrected chi connectivity index (χ2v) is 9.24. The molecule has 1 aliphatic heterocycles. The van der Waals surface area contributed by atoms with Crippen LogP contribution in [0.2, 0.25) is 0 Å². The number of piperidine rings is 1. The van der Waals surface area contributed by atoms with E-state index in [1.165, 1.54) is 6.07 Å². The maximum atomic E-state index is 13.0. The summed E-state index contributed by atoms with van der Waals surface area (Å²) in [4.78, 5) is 14.8. The third kappa shape index (κ3) is 5.05. The van der Waals surface area contributed by atoms with Crippen molar-refractivity contribution < 1.29 is 13.2 Å². The van der Waals surface area contributed by atoms with Gasteiger partial charge in [0.2, 0.25) is 10.0 Å². The normalized spacial score (nSPS) is 18.9. The van der Waals surface area contributed by atoms with E-state index in [2.05, 4.69) is 10.2 Å². The lowest BCUT2D eigenvalue weighted by Crippen LogP contribution is -2.42. The molecule has 1 amide bonds. The Bertz CT molecular complexity index is 732. The number of hydrogen-bond donors (Lipinski definition) is 1. The van der Waals surface area contributed by atoms with Crippen LogP contribution in [-0.4, -0.2) is 63.3 Å². The molecule has 1 aromatic rings. The molecule has 0 saturated carbocycles. The molecule has 1 saturated heterocycles. The van der Waals surface area contributed by atoms with Crippen LogP contribution in [0.5, 0.6) is 0 Å². The SMILES string of the molecule is Cc1ccc(S(=O)(=O)N2CCCCC2C)cc1C(=O)NCCCN(C)C. The molecular formula is C19H31N3O3S. The molecule has 146 valence electrons. The minimum atomic E-state index is -3.57. The first-order chi connectivity index (χ1) is 12.2. The lowest BCUT2D eigenvalue weighted by Gasteiger charge is -2.32. The first-order valence-corrected chi connectivity index (χ1v) is 10.7. The molecule has 0 bridgehead atoms. The van der Waals surface area contributed by atoms with Gasteiger partial charge in [-0.1, -0.05) is 12.5 Å². The number of sulfonamides is 1. The summed E-state index contributed by atoms with van der Waals surface area (Å²) in [5.41, 5.74) is 1.21. The molecule has 0 radical (unpaired) electrons. The number of nitrogens with zero attached hydrogens (tertiary/aromatic N) is 2. The van der Waals surface area contributed by atoms with Gasteiger partial charge in [-0.15, -0.1) is 0 Å². The highest BCUT2D eigenvalue weighted by Crippen LogP contribution is 2.26. The molecule has 1 aromatic carbocycles. The minimum Gasteiger partial charge on any atom is -0.352 e. The summed E-state index contributed by atoms with van der Waals surface area (Å²) in [5, 5.41) is 2.89. The van der Waals surface area contributed by atoms with Crippen molar-refractivity contribution in [3.05, 3.63) is 29.3 Å². The van der Waals surface area contributed by atoms with E-state index in [1.54, 1.807) is 16.4 Å². The number of carbonyl (C=O) groups excluding carboxylic acids is 1. The van der Waals surface area contributed by atoms with Crippen LogP contribution in [0.3, 0.4) is 0 Å². The number of hydrogen-bond acceptors (Lipinski definition) is 4. The van der Waals surface area contributed by atoms with Gasteiger partial charge < -0.3 is 10.2 Å². The molecule has 2 rings (SSSR count). The summed E-state index contributed by atoms with van der Waals surface area (Å²) in [5.74, 6) is -0.218. The summed E-state index contributed by atoms with van der Waals surface area (Å²) in [7, 11) is 0.402. The maximum Gasteiger partial charge on any atom is 0.251 e. The predicted octanol–water partition coefficient (Wildman–Crippen LogP) is 2.24. The lowest BCUT2D eigenvalue weighted by molar-refractivity contribution is 0.0951. The van der Waals surface area contributed by atoms with Gasteiger partial charge in [0.25, 0.3) is 5.91 Å². The van der Waals surface area contributed by atoms with Crippen LogP contribution in [-0.2, 0) is 10.0 Å². The molecule has 0 spiro atoms. The lowest BCUT2D eigenvalue weighted by atomic mass is 10.1. The molecule has 1 unspecified atom stereocenters. The van der Waals surface area contributed by atoms with Crippen LogP contribution in [0.25, 0.3) is 0 Å². The fourth-order valence-corrected chi connectivity index (χ4v) is 4.99. The third-order valence-electron chi connectivity index (χ3n) is 4.87. The Balaban J connectivity index is 2.16. The van der Waals surface area contributed by atoms with Crippen LogP contribution < -0.4 is 5.32 Å². The van der Waals surface area contributed by atoms with E-state index in [0.717, 1.165) is 37.8 Å². The summed E-state index contributed by atoms with van der Waals surface area (Å²) >= 11 is 0. The second kappa shape index (κ2) is 8.97. The zero-order chi connectivity index (χ0) is 19.3. The summed E-state index contributed by atoms with van der Waals surface area (Å²) in [6.07, 6.45) is 3.67. The van der Waals surface area contributed by atoms with Crippen molar-refractivity contribution in [1.29, 1.82) is 0 Å². The van der Waals surface area contributed by atoms with E-state index in [1.807, 2.05) is 27.9 Å². The van der Waals surface area contributed by atoms with Gasteiger partial charge in [-0.2, -0.15) is 4.31 Å². The first-order valence-electron chi connectivity index (χ1n) is 9.29. The zero-order valence-electron chi connectivity index (χ0n) is 16.3. The standard InChI is InChI=1S/C19H31N3O3S/c1-15-9-10-17(26(24,25)22-13-6-5-8-16(22)2)14-18(15)19(23)20-11-7-12-21(3)4/h9-10,14,16H,5-8,11-13H2,1-4H3,(H,20,23). The number of benzene rings is 1. The predicted molar refractivity (Wildman–Crippen MR) is 104 cm³/mol. The maximum absolute atomic E-state index is 13.0. The Morgan fingerprint density at radius 1 is 1.31 bits per heavy atom. The van der Waals surface area contributed by atoms with Crippen molar-refractivity contribution in [2.24, 2.45) is 0 Å². The molecule has 7 heteroatoms. The van der Waals surface area contributed by atoms with Gasteiger partial charge in [-0.25, -0.2) is 8.42 Å². The average Bonchev–Trinajstić information content (AvgIpc) is 2.58. The molecule has 6 nitrogen and oxygen atoms in total. The summed E-state index contributed by atoms with van der Waals surface area (Å²) in [6, 6.07) is 4.84. The van der Waals surface area contributed by atoms with Crippen LogP contribution >= 0.6 is 0 Å². The molecule has 0 aromatic heterocycles. The van der Waals surface area contributed by atoms with Crippen molar-refractivity contribution in [3.8, 4) is 0 Å². The molecule has 1 N–H and O–H groups in total. The second-order valence-electron chi connectivity index (χ2n) is 7.35. The fourth-order valence-electron chi connectivity index (χ4n) is 3.26. The number of carbonyl (C=O) groups is 1. The fraction of sp³-hybridized carbons (Fsp3) is 0.632. The van der Waals surface area contributed by atoms with E-state index in [-0.39, 0.29) is 16.8 Å². The van der Waals surface area contributed by atoms with Crippen molar-refractivity contribution in [2.45, 2.75) is 50.5 Å². The number of amides is 1. The van der Waals surface area contributed by atoms with Crippen LogP contribution in [0, 0.1) is 6.92 Å². The Kier molecular flexibility index (Phi) is 7.20. The summed E-state index contributed by atoms with van der Waals surface area (Å²) < 4.78 is 27.6. The van der Waals surface area contributed by atoms with Gasteiger partial charge in [-0.05, 0) is 71.4 Å². The molecule has 26 heavy (non-hydrogen) atoms. The molecule has 1 fully saturated rings. The topological polar surface area (TPSA) is 69.7 Å². The first kappa shape index (κ1) is 20.9. The largest absolute Gasteiger partial charge is 0.352 e. The van der Waals surface area contributed by atoms with E-state index in [9.17, 15) is 13.2 Å². The zero-order valence-corrected chi connectivity index (χ0v) is 17.1. The van der Waals surface area contributed by atoms with Gasteiger partial charge in [0.1, 0.15) is 0 Å².